The van der Waals surface area contributed by atoms with E-state index in [1.54, 1.807) is 0 Å². The van der Waals surface area contributed by atoms with E-state index in [-0.39, 0.29) is 13.0 Å². The van der Waals surface area contributed by atoms with E-state index in [2.05, 4.69) is 111 Å². The van der Waals surface area contributed by atoms with Crippen LogP contribution in [0, 0.1) is 0 Å². The minimum Gasteiger partial charge on any atom is -0.480 e. The number of carbonyl (C=O) groups excluding carboxylic acids is 1. The molecule has 0 aromatic rings. The van der Waals surface area contributed by atoms with E-state index >= 15 is 0 Å². The fourth-order valence-corrected chi connectivity index (χ4v) is 6.55. The second-order valence-electron chi connectivity index (χ2n) is 15.1. The summed E-state index contributed by atoms with van der Waals surface area (Å²) in [6.07, 6.45) is 59.0. The van der Waals surface area contributed by atoms with Crippen molar-refractivity contribution >= 4 is 19.8 Å². The molecule has 3 unspecified atom stereocenters. The van der Waals surface area contributed by atoms with Gasteiger partial charge in [0.2, 0.25) is 0 Å². The molecule has 0 saturated carbocycles. The Bertz CT molecular complexity index is 1330. The van der Waals surface area contributed by atoms with E-state index in [4.69, 9.17) is 29.4 Å². The molecule has 0 aliphatic carbocycles. The van der Waals surface area contributed by atoms with E-state index in [9.17, 15) is 19.0 Å². The van der Waals surface area contributed by atoms with E-state index in [1.165, 1.54) is 57.8 Å². The van der Waals surface area contributed by atoms with Gasteiger partial charge in [0, 0.05) is 13.0 Å². The fourth-order valence-electron chi connectivity index (χ4n) is 5.77. The minimum atomic E-state index is -4.64. The molecule has 0 aliphatic heterocycles. The normalized spacial score (nSPS) is 14.7. The van der Waals surface area contributed by atoms with Crippen molar-refractivity contribution in [2.75, 3.05) is 26.4 Å². The van der Waals surface area contributed by atoms with Gasteiger partial charge in [-0.3, -0.25) is 18.6 Å². The summed E-state index contributed by atoms with van der Waals surface area (Å²) in [5, 5.41) is 8.91. The molecular formula is C50H84NO9P. The molecule has 11 heteroatoms. The molecule has 0 rings (SSSR count). The highest BCUT2D eigenvalue weighted by molar-refractivity contribution is 7.47. The lowest BCUT2D eigenvalue weighted by molar-refractivity contribution is -0.154. The molecule has 61 heavy (non-hydrogen) atoms. The fraction of sp³-hybridized carbons (Fsp3) is 0.640. The van der Waals surface area contributed by atoms with Gasteiger partial charge in [0.1, 0.15) is 12.1 Å². The van der Waals surface area contributed by atoms with Gasteiger partial charge in [-0.1, -0.05) is 169 Å². The van der Waals surface area contributed by atoms with Crippen LogP contribution in [0.4, 0.5) is 0 Å². The Balaban J connectivity index is 4.34. The van der Waals surface area contributed by atoms with Crippen molar-refractivity contribution < 1.29 is 42.7 Å². The summed E-state index contributed by atoms with van der Waals surface area (Å²) in [5.41, 5.74) is 5.36. The molecule has 4 N–H and O–H groups in total. The molecule has 0 fully saturated rings. The van der Waals surface area contributed by atoms with Crippen molar-refractivity contribution in [2.45, 2.75) is 180 Å². The average molecular weight is 874 g/mol. The number of carboxylic acids is 1. The topological polar surface area (TPSA) is 155 Å². The van der Waals surface area contributed by atoms with Crippen LogP contribution in [0.3, 0.4) is 0 Å². The minimum absolute atomic E-state index is 0.0308. The van der Waals surface area contributed by atoms with Crippen molar-refractivity contribution in [3.05, 3.63) is 97.2 Å². The highest BCUT2D eigenvalue weighted by Crippen LogP contribution is 2.43. The molecule has 10 nitrogen and oxygen atoms in total. The standard InChI is InChI=1S/C50H84NO9P/c1-3-5-7-9-11-13-15-17-19-21-23-25-27-29-31-33-35-37-39-41-43-57-44-47(45-58-61(55,56)59-46-48(51)50(53)54)60-49(52)42-40-38-36-34-32-30-28-26-24-22-20-18-16-14-12-10-8-6-4-2/h5,7,11-14,17-20,23,25,29,31,35,37,47-48H,3-4,6,8-10,15-16,21-22,24,26-28,30,32-34,36,38-46,51H2,1-2H3,(H,53,54)(H,55,56)/b7-5-,13-11-,14-12-,19-17-,20-18-,25-23-,31-29-,37-35-. The van der Waals surface area contributed by atoms with Crippen LogP contribution in [0.15, 0.2) is 97.2 Å². The number of allylic oxidation sites excluding steroid dienone is 16. The van der Waals surface area contributed by atoms with E-state index in [0.29, 0.717) is 13.0 Å². The Labute approximate surface area is 370 Å². The van der Waals surface area contributed by atoms with Gasteiger partial charge in [-0.25, -0.2) is 4.57 Å². The first kappa shape index (κ1) is 57.9. The molecule has 0 spiro atoms. The first-order valence-electron chi connectivity index (χ1n) is 23.3. The molecule has 0 aromatic carbocycles. The van der Waals surface area contributed by atoms with Crippen molar-refractivity contribution in [3.8, 4) is 0 Å². The lowest BCUT2D eigenvalue weighted by Crippen LogP contribution is -2.34. The number of nitrogens with two attached hydrogens (primary N) is 1. The maximum Gasteiger partial charge on any atom is 0.472 e. The van der Waals surface area contributed by atoms with Crippen LogP contribution in [0.25, 0.3) is 0 Å². The second-order valence-corrected chi connectivity index (χ2v) is 16.6. The third-order valence-electron chi connectivity index (χ3n) is 9.35. The number of hydrogen-bond acceptors (Lipinski definition) is 8. The maximum absolute atomic E-state index is 12.7. The van der Waals surface area contributed by atoms with Crippen molar-refractivity contribution in [3.63, 3.8) is 0 Å². The molecule has 3 atom stereocenters. The summed E-state index contributed by atoms with van der Waals surface area (Å²) in [5.74, 6) is -1.82. The predicted molar refractivity (Wildman–Crippen MR) is 253 cm³/mol. The Morgan fingerprint density at radius 2 is 0.951 bits per heavy atom. The van der Waals surface area contributed by atoms with Crippen LogP contribution in [0.1, 0.15) is 168 Å². The monoisotopic (exact) mass is 874 g/mol. The zero-order valence-corrected chi connectivity index (χ0v) is 38.9. The number of ether oxygens (including phenoxy) is 2. The largest absolute Gasteiger partial charge is 0.480 e. The average Bonchev–Trinajstić information content (AvgIpc) is 3.24. The molecule has 348 valence electrons. The highest BCUT2D eigenvalue weighted by atomic mass is 31.2. The lowest BCUT2D eigenvalue weighted by Gasteiger charge is -2.20. The van der Waals surface area contributed by atoms with Gasteiger partial charge in [0.25, 0.3) is 0 Å². The van der Waals surface area contributed by atoms with Crippen LogP contribution in [0.2, 0.25) is 0 Å². The van der Waals surface area contributed by atoms with Crippen LogP contribution in [-0.4, -0.2) is 60.5 Å². The number of phosphoric acid groups is 1. The van der Waals surface area contributed by atoms with Gasteiger partial charge in [-0.2, -0.15) is 0 Å². The van der Waals surface area contributed by atoms with Gasteiger partial charge in [-0.05, 0) is 89.9 Å². The van der Waals surface area contributed by atoms with E-state index < -0.39 is 45.1 Å². The molecule has 0 amide bonds. The molecule has 0 bridgehead atoms. The molecule has 0 heterocycles. The summed E-state index contributed by atoms with van der Waals surface area (Å²) >= 11 is 0. The number of aliphatic carboxylic acids is 1. The lowest BCUT2D eigenvalue weighted by atomic mass is 10.1. The summed E-state index contributed by atoms with van der Waals surface area (Å²) < 4.78 is 33.3. The molecule has 0 aliphatic rings. The molecular weight excluding hydrogens is 790 g/mol. The predicted octanol–water partition coefficient (Wildman–Crippen LogP) is 13.3. The quantitative estimate of drug-likeness (QED) is 0.0233. The summed E-state index contributed by atoms with van der Waals surface area (Å²) in [4.78, 5) is 33.6. The van der Waals surface area contributed by atoms with E-state index in [0.717, 1.165) is 83.5 Å². The van der Waals surface area contributed by atoms with Crippen molar-refractivity contribution in [1.82, 2.24) is 0 Å². The first-order chi connectivity index (χ1) is 29.7. The van der Waals surface area contributed by atoms with Gasteiger partial charge in [0.05, 0.1) is 19.8 Å². The van der Waals surface area contributed by atoms with Gasteiger partial charge in [0.15, 0.2) is 0 Å². The third kappa shape index (κ3) is 44.7. The van der Waals surface area contributed by atoms with Gasteiger partial charge in [-0.15, -0.1) is 0 Å². The Morgan fingerprint density at radius 1 is 0.541 bits per heavy atom. The van der Waals surface area contributed by atoms with Crippen molar-refractivity contribution in [2.24, 2.45) is 5.73 Å². The second kappa shape index (κ2) is 44.9. The van der Waals surface area contributed by atoms with Crippen LogP contribution >= 0.6 is 7.82 Å². The summed E-state index contributed by atoms with van der Waals surface area (Å²) in [6.45, 7) is 3.57. The van der Waals surface area contributed by atoms with Crippen LogP contribution in [-0.2, 0) is 32.7 Å². The zero-order valence-electron chi connectivity index (χ0n) is 38.0. The zero-order chi connectivity index (χ0) is 44.8. The van der Waals surface area contributed by atoms with Gasteiger partial charge < -0.3 is 25.2 Å². The molecule has 0 radical (unpaired) electrons. The molecule has 0 saturated heterocycles. The smallest absolute Gasteiger partial charge is 0.472 e. The molecule has 0 aromatic heterocycles. The first-order valence-corrected chi connectivity index (χ1v) is 24.8. The number of hydrogen-bond donors (Lipinski definition) is 3. The number of unbranched alkanes of at least 4 members (excludes halogenated alkanes) is 13. The number of phosphoric ester groups is 1. The Kier molecular flexibility index (Phi) is 42.6. The maximum atomic E-state index is 12.7. The summed E-state index contributed by atoms with van der Waals surface area (Å²) in [6, 6.07) is -1.49. The van der Waals surface area contributed by atoms with Crippen LogP contribution < -0.4 is 5.73 Å². The number of esters is 1. The Morgan fingerprint density at radius 3 is 1.43 bits per heavy atom. The van der Waals surface area contributed by atoms with E-state index in [1.807, 2.05) is 0 Å². The number of carbonyl (C=O) groups is 2. The third-order valence-corrected chi connectivity index (χ3v) is 10.3. The SMILES string of the molecule is CC/C=C\C/C=C\C/C=C\C/C=C\C/C=C\C/C=C\CCCOCC(COP(=O)(O)OCC(N)C(=O)O)OC(=O)CCCCCCCCCCC/C=C\C/C=C\CCCCC. The number of rotatable bonds is 43. The summed E-state index contributed by atoms with van der Waals surface area (Å²) in [7, 11) is -4.64. The van der Waals surface area contributed by atoms with Crippen molar-refractivity contribution in [1.29, 1.82) is 0 Å². The van der Waals surface area contributed by atoms with Gasteiger partial charge >= 0.3 is 19.8 Å². The van der Waals surface area contributed by atoms with Crippen LogP contribution in [0.5, 0.6) is 0 Å². The highest BCUT2D eigenvalue weighted by Gasteiger charge is 2.27. The Hall–Kier alpha value is -3.11. The number of carboxylic acid groups (broad SMARTS) is 1.